The minimum Gasteiger partial charge on any atom is -0.504 e. The number of hydrogen-bond acceptors (Lipinski definition) is 9. The summed E-state index contributed by atoms with van der Waals surface area (Å²) in [4.78, 5) is 54.6. The molecule has 1 saturated heterocycles. The van der Waals surface area contributed by atoms with Crippen molar-refractivity contribution in [1.82, 2.24) is 34.0 Å². The van der Waals surface area contributed by atoms with Crippen molar-refractivity contribution in [3.05, 3.63) is 80.0 Å². The first kappa shape index (κ1) is 33.6. The zero-order chi connectivity index (χ0) is 35.5. The third-order valence-electron chi connectivity index (χ3n) is 9.58. The van der Waals surface area contributed by atoms with E-state index in [4.69, 9.17) is 16.3 Å². The third-order valence-corrected chi connectivity index (χ3v) is 9.90. The number of carbonyl (C=O) groups is 2. The number of aromatic nitrogens is 6. The molecule has 1 aromatic carbocycles. The van der Waals surface area contributed by atoms with Crippen LogP contribution in [0.5, 0.6) is 5.75 Å². The highest BCUT2D eigenvalue weighted by atomic mass is 35.5. The van der Waals surface area contributed by atoms with E-state index in [0.717, 1.165) is 28.5 Å². The molecule has 7 rings (SSSR count). The van der Waals surface area contributed by atoms with Crippen molar-refractivity contribution in [2.24, 2.45) is 0 Å². The first-order valence-electron chi connectivity index (χ1n) is 15.7. The summed E-state index contributed by atoms with van der Waals surface area (Å²) >= 11 is 6.09. The van der Waals surface area contributed by atoms with Gasteiger partial charge in [-0.2, -0.15) is 22.7 Å². The van der Waals surface area contributed by atoms with Gasteiger partial charge in [0.05, 0.1) is 41.7 Å². The quantitative estimate of drug-likeness (QED) is 0.293. The molecular formula is C32H29ClF4N8O5. The number of rotatable bonds is 5. The molecule has 4 aromatic rings. The summed E-state index contributed by atoms with van der Waals surface area (Å²) in [7, 11) is 0. The first-order valence-corrected chi connectivity index (χ1v) is 16.1. The van der Waals surface area contributed by atoms with Gasteiger partial charge in [-0.15, -0.1) is 5.10 Å². The molecule has 18 heteroatoms. The lowest BCUT2D eigenvalue weighted by molar-refractivity contribution is -0.137. The summed E-state index contributed by atoms with van der Waals surface area (Å²) in [5.41, 5.74) is -1.85. The van der Waals surface area contributed by atoms with E-state index >= 15 is 4.39 Å². The predicted octanol–water partition coefficient (Wildman–Crippen LogP) is 3.88. The normalized spacial score (nSPS) is 20.6. The van der Waals surface area contributed by atoms with Crippen LogP contribution in [-0.4, -0.2) is 83.4 Å². The second kappa shape index (κ2) is 12.5. The number of carbonyl (C=O) groups excluding carboxylic acids is 2. The SMILES string of the molecule is Cc1ncnc(C(=O)N2CC[C@]3(CCc4c3c(=O)n3nc(C5=CCOCC5)nc3n4CC(=O)Nc3ccc(C(F)(F)F)cc3Cl)C(F)C2)c1O. The van der Waals surface area contributed by atoms with E-state index in [1.165, 1.54) is 16.4 Å². The van der Waals surface area contributed by atoms with Gasteiger partial charge >= 0.3 is 6.18 Å². The lowest BCUT2D eigenvalue weighted by Gasteiger charge is -2.42. The van der Waals surface area contributed by atoms with Gasteiger partial charge in [0.15, 0.2) is 17.3 Å². The highest BCUT2D eigenvalue weighted by Gasteiger charge is 2.53. The van der Waals surface area contributed by atoms with Crippen molar-refractivity contribution in [2.45, 2.75) is 56.9 Å². The molecular weight excluding hydrogens is 688 g/mol. The highest BCUT2D eigenvalue weighted by molar-refractivity contribution is 6.33. The molecule has 0 saturated carbocycles. The predicted molar refractivity (Wildman–Crippen MR) is 170 cm³/mol. The standard InChI is InChI=1S/C32H29ClF4N8O5/c1-16-26(47)25(39-15-38-16)29(49)43-9-8-31(22(34)13-43)7-4-21-24(31)28(48)45-30(41-27(42-45)17-5-10-50-11-6-17)44(21)14-23(46)40-20-3-2-18(12-19(20)33)32(35,36)37/h2-3,5,12,15,22,47H,4,6-11,13-14H2,1H3,(H,40,46)/t22?,31-/m1/s1. The summed E-state index contributed by atoms with van der Waals surface area (Å²) in [5.74, 6) is -1.50. The largest absolute Gasteiger partial charge is 0.504 e. The Labute approximate surface area is 285 Å². The van der Waals surface area contributed by atoms with Crippen LogP contribution >= 0.6 is 11.6 Å². The van der Waals surface area contributed by atoms with Crippen molar-refractivity contribution in [3.63, 3.8) is 0 Å². The zero-order valence-electron chi connectivity index (χ0n) is 26.4. The number of aromatic hydroxyl groups is 1. The van der Waals surface area contributed by atoms with Crippen LogP contribution < -0.4 is 10.9 Å². The summed E-state index contributed by atoms with van der Waals surface area (Å²) in [6.45, 7) is 1.43. The number of fused-ring (bicyclic) bond motifs is 3. The van der Waals surface area contributed by atoms with Gasteiger partial charge in [0.1, 0.15) is 19.0 Å². The molecule has 5 heterocycles. The molecule has 1 fully saturated rings. The van der Waals surface area contributed by atoms with E-state index in [9.17, 15) is 32.7 Å². The van der Waals surface area contributed by atoms with Crippen molar-refractivity contribution in [1.29, 1.82) is 0 Å². The molecule has 50 heavy (non-hydrogen) atoms. The van der Waals surface area contributed by atoms with Crippen LogP contribution in [0.15, 0.2) is 35.4 Å². The number of amides is 2. The molecule has 1 aliphatic carbocycles. The number of hydrogen-bond donors (Lipinski definition) is 2. The number of aryl methyl sites for hydroxylation is 1. The van der Waals surface area contributed by atoms with E-state index in [0.29, 0.717) is 31.4 Å². The van der Waals surface area contributed by atoms with Gasteiger partial charge in [-0.25, -0.2) is 14.4 Å². The Balaban J connectivity index is 1.26. The van der Waals surface area contributed by atoms with Crippen LogP contribution in [-0.2, 0) is 34.1 Å². The fourth-order valence-corrected chi connectivity index (χ4v) is 7.18. The molecule has 2 amide bonds. The number of alkyl halides is 4. The number of ether oxygens (including phenoxy) is 1. The van der Waals surface area contributed by atoms with E-state index in [1.54, 1.807) is 6.08 Å². The van der Waals surface area contributed by atoms with Crippen LogP contribution in [0, 0.1) is 6.92 Å². The molecule has 13 nitrogen and oxygen atoms in total. The molecule has 2 aliphatic heterocycles. The third kappa shape index (κ3) is 5.67. The number of halogens is 5. The van der Waals surface area contributed by atoms with Gasteiger partial charge < -0.3 is 24.6 Å². The van der Waals surface area contributed by atoms with Gasteiger partial charge in [0, 0.05) is 23.2 Å². The average Bonchev–Trinajstić information content (AvgIpc) is 3.70. The number of nitrogens with zero attached hydrogens (tertiary/aromatic N) is 7. The first-order chi connectivity index (χ1) is 23.8. The Morgan fingerprint density at radius 3 is 2.70 bits per heavy atom. The highest BCUT2D eigenvalue weighted by Crippen LogP contribution is 2.47. The molecule has 2 N–H and O–H groups in total. The minimum atomic E-state index is -4.63. The Morgan fingerprint density at radius 1 is 1.20 bits per heavy atom. The monoisotopic (exact) mass is 716 g/mol. The summed E-state index contributed by atoms with van der Waals surface area (Å²) in [5, 5.41) is 17.0. The lowest BCUT2D eigenvalue weighted by atomic mass is 9.73. The lowest BCUT2D eigenvalue weighted by Crippen LogP contribution is -2.54. The van der Waals surface area contributed by atoms with Crippen LogP contribution in [0.3, 0.4) is 0 Å². The molecule has 3 aromatic heterocycles. The number of nitrogens with one attached hydrogen (secondary N) is 1. The summed E-state index contributed by atoms with van der Waals surface area (Å²) in [6, 6.07) is 2.54. The van der Waals surface area contributed by atoms with Crippen LogP contribution in [0.4, 0.5) is 23.2 Å². The van der Waals surface area contributed by atoms with E-state index in [-0.39, 0.29) is 71.6 Å². The maximum Gasteiger partial charge on any atom is 0.416 e. The number of likely N-dealkylation sites (tertiary alicyclic amines) is 1. The topological polar surface area (TPSA) is 157 Å². The van der Waals surface area contributed by atoms with Crippen molar-refractivity contribution >= 4 is 40.5 Å². The van der Waals surface area contributed by atoms with Gasteiger partial charge in [0.25, 0.3) is 11.5 Å². The maximum absolute atomic E-state index is 16.6. The Hall–Kier alpha value is -4.90. The van der Waals surface area contributed by atoms with Crippen LogP contribution in [0.2, 0.25) is 5.02 Å². The second-order valence-corrected chi connectivity index (χ2v) is 12.8. The summed E-state index contributed by atoms with van der Waals surface area (Å²) < 4.78 is 64.0. The Kier molecular flexibility index (Phi) is 8.37. The van der Waals surface area contributed by atoms with Gasteiger partial charge in [0.2, 0.25) is 11.7 Å². The van der Waals surface area contributed by atoms with E-state index in [1.807, 2.05) is 0 Å². The van der Waals surface area contributed by atoms with Gasteiger partial charge in [-0.05, 0) is 56.4 Å². The molecule has 262 valence electrons. The Bertz CT molecular complexity index is 2150. The number of benzene rings is 1. The van der Waals surface area contributed by atoms with E-state index < -0.39 is 53.0 Å². The smallest absolute Gasteiger partial charge is 0.416 e. The second-order valence-electron chi connectivity index (χ2n) is 12.4. The maximum atomic E-state index is 16.6. The molecule has 1 spiro atoms. The van der Waals surface area contributed by atoms with Crippen LogP contribution in [0.1, 0.15) is 58.1 Å². The van der Waals surface area contributed by atoms with Gasteiger partial charge in [-0.1, -0.05) is 17.7 Å². The fraction of sp³-hybridized carbons (Fsp3) is 0.406. The molecule has 3 aliphatic rings. The number of piperidine rings is 1. The van der Waals surface area contributed by atoms with Crippen LogP contribution in [0.25, 0.3) is 11.4 Å². The molecule has 0 radical (unpaired) electrons. The minimum absolute atomic E-state index is 0.0273. The van der Waals surface area contributed by atoms with Gasteiger partial charge in [-0.3, -0.25) is 14.4 Å². The van der Waals surface area contributed by atoms with Crippen molar-refractivity contribution in [3.8, 4) is 5.75 Å². The molecule has 1 unspecified atom stereocenters. The molecule has 0 bridgehead atoms. The zero-order valence-corrected chi connectivity index (χ0v) is 27.2. The van der Waals surface area contributed by atoms with Crippen molar-refractivity contribution < 1.29 is 37.0 Å². The Morgan fingerprint density at radius 2 is 2.00 bits per heavy atom. The summed E-state index contributed by atoms with van der Waals surface area (Å²) in [6.07, 6.45) is -2.54. The molecule has 2 atom stereocenters. The van der Waals surface area contributed by atoms with Crippen molar-refractivity contribution in [2.75, 3.05) is 31.6 Å². The fourth-order valence-electron chi connectivity index (χ4n) is 6.96. The number of anilines is 1. The average molecular weight is 717 g/mol. The van der Waals surface area contributed by atoms with E-state index in [2.05, 4.69) is 25.4 Å².